The number of nitrogens with one attached hydrogen (secondary N) is 1. The number of amides is 1. The summed E-state index contributed by atoms with van der Waals surface area (Å²) in [7, 11) is 0. The zero-order valence-electron chi connectivity index (χ0n) is 18.3. The molecule has 2 heterocycles. The molecule has 0 spiro atoms. The van der Waals surface area contributed by atoms with Crippen LogP contribution in [0.3, 0.4) is 0 Å². The molecule has 0 bridgehead atoms. The predicted molar refractivity (Wildman–Crippen MR) is 118 cm³/mol. The fourth-order valence-corrected chi connectivity index (χ4v) is 3.19. The number of aromatic nitrogens is 4. The molecule has 0 unspecified atom stereocenters. The maximum absolute atomic E-state index is 11.6. The lowest BCUT2D eigenvalue weighted by Gasteiger charge is -2.19. The topological polar surface area (TPSA) is 81.9 Å². The number of ether oxygens (including phenoxy) is 1. The molecule has 160 valence electrons. The van der Waals surface area contributed by atoms with E-state index < -0.39 is 5.60 Å². The molecule has 0 aliphatic carbocycles. The molecule has 1 aromatic carbocycles. The number of nitrogens with zero attached hydrogens (tertiary/aromatic N) is 4. The summed E-state index contributed by atoms with van der Waals surface area (Å²) >= 11 is 0. The van der Waals surface area contributed by atoms with Gasteiger partial charge in [0.2, 0.25) is 0 Å². The minimum absolute atomic E-state index is 0.349. The average molecular weight is 410 g/mol. The zero-order valence-corrected chi connectivity index (χ0v) is 18.3. The second kappa shape index (κ2) is 9.69. The van der Waals surface area contributed by atoms with Crippen molar-refractivity contribution in [1.82, 2.24) is 25.1 Å². The molecule has 0 saturated carbocycles. The highest BCUT2D eigenvalue weighted by atomic mass is 16.6. The van der Waals surface area contributed by atoms with E-state index in [1.807, 2.05) is 63.0 Å². The van der Waals surface area contributed by atoms with Crippen LogP contribution in [-0.4, -0.2) is 38.0 Å². The third-order valence-corrected chi connectivity index (χ3v) is 4.69. The summed E-state index contributed by atoms with van der Waals surface area (Å²) in [6, 6.07) is 6.02. The van der Waals surface area contributed by atoms with Crippen molar-refractivity contribution >= 4 is 17.1 Å². The SMILES string of the molecule is Cc1cccc2ncc(-c3cnn(CCCCCCNC(=O)OC(C)(C)C)c3)nc12. The summed E-state index contributed by atoms with van der Waals surface area (Å²) in [4.78, 5) is 20.9. The maximum atomic E-state index is 11.6. The number of fused-ring (bicyclic) bond motifs is 1. The van der Waals surface area contributed by atoms with E-state index in [1.165, 1.54) is 0 Å². The normalized spacial score (nSPS) is 11.6. The van der Waals surface area contributed by atoms with E-state index >= 15 is 0 Å². The van der Waals surface area contributed by atoms with Crippen LogP contribution >= 0.6 is 0 Å². The van der Waals surface area contributed by atoms with Gasteiger partial charge in [-0.1, -0.05) is 25.0 Å². The number of unbranched alkanes of at least 4 members (excludes halogenated alkanes) is 3. The minimum atomic E-state index is -0.454. The van der Waals surface area contributed by atoms with Crippen LogP contribution in [0.4, 0.5) is 4.79 Å². The van der Waals surface area contributed by atoms with Crippen molar-refractivity contribution in [2.45, 2.75) is 65.5 Å². The summed E-state index contributed by atoms with van der Waals surface area (Å²) < 4.78 is 7.18. The largest absolute Gasteiger partial charge is 0.444 e. The Balaban J connectivity index is 1.40. The van der Waals surface area contributed by atoms with Gasteiger partial charge in [0.15, 0.2) is 0 Å². The number of hydrogen-bond acceptors (Lipinski definition) is 5. The molecule has 0 atom stereocenters. The Morgan fingerprint density at radius 2 is 1.93 bits per heavy atom. The highest BCUT2D eigenvalue weighted by Crippen LogP contribution is 2.20. The van der Waals surface area contributed by atoms with Gasteiger partial charge in [0, 0.05) is 24.8 Å². The van der Waals surface area contributed by atoms with Crippen molar-refractivity contribution in [2.24, 2.45) is 0 Å². The molecule has 30 heavy (non-hydrogen) atoms. The standard InChI is InChI=1S/C23H31N5O2/c1-17-10-9-11-19-21(17)27-20(15-25-19)18-14-26-28(16-18)13-8-6-5-7-12-24-22(29)30-23(2,3)4/h9-11,14-16H,5-8,12-13H2,1-4H3,(H,24,29). The van der Waals surface area contributed by atoms with E-state index in [-0.39, 0.29) is 6.09 Å². The second-order valence-electron chi connectivity index (χ2n) is 8.53. The number of carbonyl (C=O) groups excluding carboxylic acids is 1. The fourth-order valence-electron chi connectivity index (χ4n) is 3.19. The average Bonchev–Trinajstić information content (AvgIpc) is 3.15. The van der Waals surface area contributed by atoms with Gasteiger partial charge >= 0.3 is 6.09 Å². The Labute approximate surface area is 177 Å². The lowest BCUT2D eigenvalue weighted by molar-refractivity contribution is 0.0527. The van der Waals surface area contributed by atoms with Gasteiger partial charge in [-0.15, -0.1) is 0 Å². The van der Waals surface area contributed by atoms with Gasteiger partial charge in [0.25, 0.3) is 0 Å². The van der Waals surface area contributed by atoms with Crippen LogP contribution in [0.2, 0.25) is 0 Å². The van der Waals surface area contributed by atoms with Crippen LogP contribution in [0.15, 0.2) is 36.8 Å². The van der Waals surface area contributed by atoms with Crippen molar-refractivity contribution in [3.05, 3.63) is 42.4 Å². The van der Waals surface area contributed by atoms with E-state index in [0.717, 1.165) is 60.1 Å². The van der Waals surface area contributed by atoms with Crippen molar-refractivity contribution < 1.29 is 9.53 Å². The molecule has 1 N–H and O–H groups in total. The number of aryl methyl sites for hydroxylation is 2. The summed E-state index contributed by atoms with van der Waals surface area (Å²) in [6.07, 6.45) is 9.45. The van der Waals surface area contributed by atoms with Gasteiger partial charge < -0.3 is 10.1 Å². The number of hydrogen-bond donors (Lipinski definition) is 1. The van der Waals surface area contributed by atoms with Gasteiger partial charge in [-0.2, -0.15) is 5.10 Å². The second-order valence-corrected chi connectivity index (χ2v) is 8.53. The molecule has 2 aromatic heterocycles. The van der Waals surface area contributed by atoms with Crippen molar-refractivity contribution in [3.63, 3.8) is 0 Å². The molecule has 7 nitrogen and oxygen atoms in total. The molecule has 0 saturated heterocycles. The lowest BCUT2D eigenvalue weighted by atomic mass is 10.2. The van der Waals surface area contributed by atoms with Crippen LogP contribution in [-0.2, 0) is 11.3 Å². The Bertz CT molecular complexity index is 991. The number of rotatable bonds is 8. The monoisotopic (exact) mass is 409 g/mol. The maximum Gasteiger partial charge on any atom is 0.407 e. The summed E-state index contributed by atoms with van der Waals surface area (Å²) in [6.45, 7) is 9.14. The molecule has 7 heteroatoms. The number of carbonyl (C=O) groups is 1. The third-order valence-electron chi connectivity index (χ3n) is 4.69. The first kappa shape index (κ1) is 21.7. The molecule has 3 rings (SSSR count). The van der Waals surface area contributed by atoms with E-state index in [4.69, 9.17) is 9.72 Å². The van der Waals surface area contributed by atoms with Crippen LogP contribution in [0, 0.1) is 6.92 Å². The van der Waals surface area contributed by atoms with Crippen molar-refractivity contribution in [2.75, 3.05) is 6.54 Å². The highest BCUT2D eigenvalue weighted by molar-refractivity contribution is 5.79. The molecule has 1 amide bonds. The van der Waals surface area contributed by atoms with E-state index in [1.54, 1.807) is 6.20 Å². The Hall–Kier alpha value is -2.96. The van der Waals surface area contributed by atoms with E-state index in [9.17, 15) is 4.79 Å². The summed E-state index contributed by atoms with van der Waals surface area (Å²) in [5, 5.41) is 7.26. The van der Waals surface area contributed by atoms with E-state index in [2.05, 4.69) is 15.4 Å². The van der Waals surface area contributed by atoms with Gasteiger partial charge in [-0.05, 0) is 52.2 Å². The zero-order chi connectivity index (χ0) is 21.6. The Kier molecular flexibility index (Phi) is 7.03. The molecule has 0 aliphatic rings. The van der Waals surface area contributed by atoms with Crippen LogP contribution in [0.1, 0.15) is 52.0 Å². The lowest BCUT2D eigenvalue weighted by Crippen LogP contribution is -2.32. The molecule has 0 fully saturated rings. The Morgan fingerprint density at radius 1 is 1.13 bits per heavy atom. The fraction of sp³-hybridized carbons (Fsp3) is 0.478. The molecule has 0 aliphatic heterocycles. The third kappa shape index (κ3) is 6.27. The first-order valence-corrected chi connectivity index (χ1v) is 10.5. The molecular formula is C23H31N5O2. The first-order valence-electron chi connectivity index (χ1n) is 10.5. The molecule has 0 radical (unpaired) electrons. The number of para-hydroxylation sites is 1. The molecular weight excluding hydrogens is 378 g/mol. The summed E-state index contributed by atoms with van der Waals surface area (Å²) in [5.41, 5.74) is 4.33. The van der Waals surface area contributed by atoms with Gasteiger partial charge in [-0.25, -0.2) is 9.78 Å². The Morgan fingerprint density at radius 3 is 2.73 bits per heavy atom. The van der Waals surface area contributed by atoms with Crippen molar-refractivity contribution in [1.29, 1.82) is 0 Å². The van der Waals surface area contributed by atoms with Crippen molar-refractivity contribution in [3.8, 4) is 11.3 Å². The quantitative estimate of drug-likeness (QED) is 0.536. The smallest absolute Gasteiger partial charge is 0.407 e. The first-order chi connectivity index (χ1) is 14.3. The number of benzene rings is 1. The van der Waals surface area contributed by atoms with Crippen LogP contribution in [0.5, 0.6) is 0 Å². The summed E-state index contributed by atoms with van der Waals surface area (Å²) in [5.74, 6) is 0. The number of alkyl carbamates (subject to hydrolysis) is 1. The highest BCUT2D eigenvalue weighted by Gasteiger charge is 2.15. The van der Waals surface area contributed by atoms with Crippen LogP contribution < -0.4 is 5.32 Å². The van der Waals surface area contributed by atoms with Gasteiger partial charge in [0.1, 0.15) is 5.60 Å². The minimum Gasteiger partial charge on any atom is -0.444 e. The molecule has 3 aromatic rings. The van der Waals surface area contributed by atoms with Gasteiger partial charge in [0.05, 0.1) is 29.1 Å². The predicted octanol–water partition coefficient (Wildman–Crippen LogP) is 4.89. The van der Waals surface area contributed by atoms with Gasteiger partial charge in [-0.3, -0.25) is 9.67 Å². The van der Waals surface area contributed by atoms with E-state index in [0.29, 0.717) is 6.54 Å². The van der Waals surface area contributed by atoms with Crippen LogP contribution in [0.25, 0.3) is 22.3 Å².